The summed E-state index contributed by atoms with van der Waals surface area (Å²) in [5.41, 5.74) is -0.114. The summed E-state index contributed by atoms with van der Waals surface area (Å²) < 4.78 is 38.0. The second-order valence-corrected chi connectivity index (χ2v) is 3.76. The molecule has 19 heavy (non-hydrogen) atoms. The number of halogens is 3. The van der Waals surface area contributed by atoms with Gasteiger partial charge in [0.1, 0.15) is 17.2 Å². The molecule has 0 spiro atoms. The monoisotopic (exact) mass is 272 g/mol. The summed E-state index contributed by atoms with van der Waals surface area (Å²) in [6.07, 6.45) is -2.20. The maximum Gasteiger partial charge on any atom is 0.421 e. The highest BCUT2D eigenvalue weighted by molar-refractivity contribution is 5.55. The van der Waals surface area contributed by atoms with Gasteiger partial charge in [0.05, 0.1) is 6.20 Å². The third-order valence-electron chi connectivity index (χ3n) is 2.40. The molecule has 0 aliphatic heterocycles. The maximum absolute atomic E-state index is 12.7. The summed E-state index contributed by atoms with van der Waals surface area (Å²) in [7, 11) is 1.36. The predicted molar refractivity (Wildman–Crippen MR) is 63.2 cm³/mol. The number of H-pyrrole nitrogens is 1. The molecule has 0 bridgehead atoms. The second kappa shape index (κ2) is 4.75. The van der Waals surface area contributed by atoms with Gasteiger partial charge in [-0.15, -0.1) is 0 Å². The van der Waals surface area contributed by atoms with Crippen molar-refractivity contribution >= 4 is 17.6 Å². The molecular formula is C10H11F3N6. The van der Waals surface area contributed by atoms with Crippen molar-refractivity contribution in [2.45, 2.75) is 13.1 Å². The van der Waals surface area contributed by atoms with E-state index in [0.29, 0.717) is 5.82 Å². The van der Waals surface area contributed by atoms with Crippen molar-refractivity contribution in [2.75, 3.05) is 17.7 Å². The zero-order chi connectivity index (χ0) is 14.0. The first-order valence-corrected chi connectivity index (χ1v) is 5.31. The van der Waals surface area contributed by atoms with Crippen molar-refractivity contribution in [3.63, 3.8) is 0 Å². The Morgan fingerprint density at radius 2 is 2.00 bits per heavy atom. The molecule has 0 amide bonds. The third-order valence-corrected chi connectivity index (χ3v) is 2.40. The van der Waals surface area contributed by atoms with Crippen molar-refractivity contribution in [3.8, 4) is 0 Å². The lowest BCUT2D eigenvalue weighted by Gasteiger charge is -2.12. The van der Waals surface area contributed by atoms with Gasteiger partial charge in [-0.1, -0.05) is 0 Å². The first-order valence-electron chi connectivity index (χ1n) is 5.31. The minimum atomic E-state index is -4.50. The predicted octanol–water partition coefficient (Wildman–Crippen LogP) is 2.31. The van der Waals surface area contributed by atoms with Crippen molar-refractivity contribution in [3.05, 3.63) is 23.5 Å². The van der Waals surface area contributed by atoms with Crippen molar-refractivity contribution in [1.82, 2.24) is 20.2 Å². The van der Waals surface area contributed by atoms with Crippen LogP contribution in [0.4, 0.5) is 30.8 Å². The van der Waals surface area contributed by atoms with Gasteiger partial charge in [-0.05, 0) is 6.92 Å². The Labute approximate surface area is 106 Å². The van der Waals surface area contributed by atoms with Crippen LogP contribution in [0.15, 0.2) is 12.4 Å². The average Bonchev–Trinajstić information content (AvgIpc) is 2.73. The molecule has 0 unspecified atom stereocenters. The van der Waals surface area contributed by atoms with E-state index in [2.05, 4.69) is 30.8 Å². The van der Waals surface area contributed by atoms with E-state index >= 15 is 0 Å². The molecule has 0 aromatic carbocycles. The molecule has 6 nitrogen and oxygen atoms in total. The number of aromatic nitrogens is 4. The number of hydrogen-bond acceptors (Lipinski definition) is 5. The number of aromatic amines is 1. The molecule has 3 N–H and O–H groups in total. The SMILES string of the molecule is CNc1nc(Nc2[nH]ncc2C)ncc1C(F)(F)F. The molecular weight excluding hydrogens is 261 g/mol. The van der Waals surface area contributed by atoms with E-state index in [1.54, 1.807) is 13.1 Å². The van der Waals surface area contributed by atoms with Crippen LogP contribution in [0.3, 0.4) is 0 Å². The summed E-state index contributed by atoms with van der Waals surface area (Å²) >= 11 is 0. The minimum absolute atomic E-state index is 0.0460. The van der Waals surface area contributed by atoms with Gasteiger partial charge in [-0.25, -0.2) is 4.98 Å². The van der Waals surface area contributed by atoms with Crippen molar-refractivity contribution < 1.29 is 13.2 Å². The Morgan fingerprint density at radius 3 is 2.53 bits per heavy atom. The number of hydrogen-bond donors (Lipinski definition) is 3. The smallest absolute Gasteiger partial charge is 0.372 e. The molecule has 0 saturated carbocycles. The maximum atomic E-state index is 12.7. The molecule has 0 aliphatic carbocycles. The lowest BCUT2D eigenvalue weighted by atomic mass is 10.3. The molecule has 2 rings (SSSR count). The first kappa shape index (κ1) is 13.1. The van der Waals surface area contributed by atoms with Crippen molar-refractivity contribution in [2.24, 2.45) is 0 Å². The minimum Gasteiger partial charge on any atom is -0.372 e. The van der Waals surface area contributed by atoms with Gasteiger partial charge in [0.2, 0.25) is 5.95 Å². The van der Waals surface area contributed by atoms with Gasteiger partial charge in [0.15, 0.2) is 0 Å². The van der Waals surface area contributed by atoms with E-state index in [9.17, 15) is 13.2 Å². The molecule has 0 saturated heterocycles. The molecule has 0 radical (unpaired) electrons. The number of nitrogens with one attached hydrogen (secondary N) is 3. The Bertz CT molecular complexity index is 577. The van der Waals surface area contributed by atoms with Crippen LogP contribution in [0.2, 0.25) is 0 Å². The molecule has 9 heteroatoms. The van der Waals surface area contributed by atoms with Gasteiger partial charge in [-0.3, -0.25) is 5.10 Å². The van der Waals surface area contributed by atoms with Gasteiger partial charge in [0, 0.05) is 18.8 Å². The van der Waals surface area contributed by atoms with Crippen LogP contribution >= 0.6 is 0 Å². The lowest BCUT2D eigenvalue weighted by Crippen LogP contribution is -2.12. The Balaban J connectivity index is 2.32. The number of rotatable bonds is 3. The lowest BCUT2D eigenvalue weighted by molar-refractivity contribution is -0.137. The van der Waals surface area contributed by atoms with E-state index in [0.717, 1.165) is 11.8 Å². The zero-order valence-electron chi connectivity index (χ0n) is 10.1. The number of anilines is 3. The summed E-state index contributed by atoms with van der Waals surface area (Å²) in [6.45, 7) is 1.79. The summed E-state index contributed by atoms with van der Waals surface area (Å²) in [5.74, 6) is 0.286. The third kappa shape index (κ3) is 2.75. The topological polar surface area (TPSA) is 78.5 Å². The van der Waals surface area contributed by atoms with E-state index in [4.69, 9.17) is 0 Å². The Hall–Kier alpha value is -2.32. The molecule has 0 atom stereocenters. The average molecular weight is 272 g/mol. The van der Waals surface area contributed by atoms with Gasteiger partial charge in [-0.2, -0.15) is 23.3 Å². The number of alkyl halides is 3. The molecule has 2 heterocycles. The quantitative estimate of drug-likeness (QED) is 0.799. The van der Waals surface area contributed by atoms with Crippen LogP contribution in [0, 0.1) is 6.92 Å². The molecule has 0 fully saturated rings. The van der Waals surface area contributed by atoms with E-state index < -0.39 is 11.7 Å². The van der Waals surface area contributed by atoms with Gasteiger partial charge < -0.3 is 10.6 Å². The van der Waals surface area contributed by atoms with Crippen LogP contribution in [-0.4, -0.2) is 27.2 Å². The first-order chi connectivity index (χ1) is 8.91. The fourth-order valence-electron chi connectivity index (χ4n) is 1.42. The van der Waals surface area contributed by atoms with E-state index in [1.807, 2.05) is 0 Å². The van der Waals surface area contributed by atoms with Crippen LogP contribution in [0.25, 0.3) is 0 Å². The summed E-state index contributed by atoms with van der Waals surface area (Å²) in [4.78, 5) is 7.41. The summed E-state index contributed by atoms with van der Waals surface area (Å²) in [6, 6.07) is 0. The molecule has 102 valence electrons. The highest BCUT2D eigenvalue weighted by atomic mass is 19.4. The Kier molecular flexibility index (Phi) is 3.28. The van der Waals surface area contributed by atoms with Gasteiger partial charge >= 0.3 is 6.18 Å². The van der Waals surface area contributed by atoms with Crippen molar-refractivity contribution in [1.29, 1.82) is 0 Å². The largest absolute Gasteiger partial charge is 0.421 e. The fraction of sp³-hybridized carbons (Fsp3) is 0.300. The highest BCUT2D eigenvalue weighted by Gasteiger charge is 2.35. The normalized spacial score (nSPS) is 11.4. The zero-order valence-corrected chi connectivity index (χ0v) is 10.1. The van der Waals surface area contributed by atoms with Crippen LogP contribution in [0.1, 0.15) is 11.1 Å². The number of aryl methyl sites for hydroxylation is 1. The Morgan fingerprint density at radius 1 is 1.26 bits per heavy atom. The molecule has 2 aromatic rings. The van der Waals surface area contributed by atoms with Gasteiger partial charge in [0.25, 0.3) is 0 Å². The van der Waals surface area contributed by atoms with Crippen LogP contribution < -0.4 is 10.6 Å². The van der Waals surface area contributed by atoms with E-state index in [1.165, 1.54) is 7.05 Å². The summed E-state index contributed by atoms with van der Waals surface area (Å²) in [5, 5.41) is 11.6. The van der Waals surface area contributed by atoms with E-state index in [-0.39, 0.29) is 11.8 Å². The standard InChI is InChI=1S/C10H11F3N6/c1-5-3-16-19-7(5)17-9-15-4-6(10(11,12)13)8(14-2)18-9/h3-4H,1-2H3,(H3,14,15,16,17,18,19). The fourth-order valence-corrected chi connectivity index (χ4v) is 1.42. The molecule has 2 aromatic heterocycles. The van der Waals surface area contributed by atoms with Crippen LogP contribution in [0.5, 0.6) is 0 Å². The van der Waals surface area contributed by atoms with Crippen LogP contribution in [-0.2, 0) is 6.18 Å². The number of nitrogens with zero attached hydrogens (tertiary/aromatic N) is 3. The molecule has 0 aliphatic rings. The second-order valence-electron chi connectivity index (χ2n) is 3.76. The highest BCUT2D eigenvalue weighted by Crippen LogP contribution is 2.33.